The van der Waals surface area contributed by atoms with Crippen molar-refractivity contribution in [1.82, 2.24) is 16.0 Å². The van der Waals surface area contributed by atoms with Crippen molar-refractivity contribution in [2.75, 3.05) is 0 Å². The molecule has 8 N–H and O–H groups in total. The zero-order valence-electron chi connectivity index (χ0n) is 20.8. The van der Waals surface area contributed by atoms with Crippen molar-refractivity contribution in [3.8, 4) is 5.75 Å². The molecule has 0 aromatic heterocycles. The number of phenolic OH excluding ortho intramolecular Hbond substituents is 1. The minimum atomic E-state index is -1.33. The van der Waals surface area contributed by atoms with Gasteiger partial charge in [-0.2, -0.15) is 0 Å². The molecule has 38 heavy (non-hydrogen) atoms. The minimum Gasteiger partial charge on any atom is -0.508 e. The molecule has 0 heterocycles. The van der Waals surface area contributed by atoms with E-state index in [0.717, 1.165) is 5.56 Å². The van der Waals surface area contributed by atoms with Crippen molar-refractivity contribution in [3.05, 3.63) is 65.7 Å². The molecule has 3 amide bonds. The molecular weight excluding hydrogens is 496 g/mol. The second-order valence-corrected chi connectivity index (χ2v) is 8.79. The molecular formula is C26H32N4O8. The summed E-state index contributed by atoms with van der Waals surface area (Å²) in [5, 5.41) is 35.0. The number of nitrogens with two attached hydrogens (primary N) is 1. The minimum absolute atomic E-state index is 0.0124. The van der Waals surface area contributed by atoms with Gasteiger partial charge in [-0.05, 0) is 43.0 Å². The van der Waals surface area contributed by atoms with Crippen LogP contribution in [-0.2, 0) is 36.8 Å². The molecule has 12 heteroatoms. The second kappa shape index (κ2) is 14.3. The molecule has 0 fully saturated rings. The zero-order chi connectivity index (χ0) is 28.2. The number of hydrogen-bond acceptors (Lipinski definition) is 7. The van der Waals surface area contributed by atoms with Crippen molar-refractivity contribution in [2.45, 2.75) is 56.8 Å². The number of carbonyl (C=O) groups excluding carboxylic acids is 3. The molecule has 4 unspecified atom stereocenters. The Morgan fingerprint density at radius 2 is 1.32 bits per heavy atom. The Kier molecular flexibility index (Phi) is 11.2. The highest BCUT2D eigenvalue weighted by atomic mass is 16.4. The van der Waals surface area contributed by atoms with Gasteiger partial charge >= 0.3 is 11.9 Å². The Bertz CT molecular complexity index is 1120. The lowest BCUT2D eigenvalue weighted by atomic mass is 10.0. The Balaban J connectivity index is 2.19. The van der Waals surface area contributed by atoms with E-state index in [2.05, 4.69) is 16.0 Å². The standard InChI is InChI=1S/C26H32N4O8/c1-15(26(37)38)28-25(36)21(14-17-7-9-18(31)10-8-17)30-24(35)20(11-12-22(32)33)29-23(34)19(27)13-16-5-3-2-4-6-16/h2-10,15,19-21,31H,11-14,27H2,1H3,(H,28,36)(H,29,34)(H,30,35)(H,32,33)(H,37,38). The summed E-state index contributed by atoms with van der Waals surface area (Å²) in [4.78, 5) is 61.1. The van der Waals surface area contributed by atoms with Gasteiger partial charge in [0.25, 0.3) is 0 Å². The molecule has 0 spiro atoms. The van der Waals surface area contributed by atoms with Gasteiger partial charge in [-0.25, -0.2) is 0 Å². The van der Waals surface area contributed by atoms with Gasteiger partial charge in [-0.1, -0.05) is 42.5 Å². The number of aliphatic carboxylic acids is 2. The number of carboxylic acids is 2. The number of benzene rings is 2. The van der Waals surface area contributed by atoms with Gasteiger partial charge in [-0.15, -0.1) is 0 Å². The number of phenols is 1. The number of carbonyl (C=O) groups is 5. The van der Waals surface area contributed by atoms with Crippen LogP contribution in [-0.4, -0.2) is 69.1 Å². The molecule has 2 aromatic carbocycles. The average Bonchev–Trinajstić information content (AvgIpc) is 2.87. The molecule has 0 saturated heterocycles. The summed E-state index contributed by atoms with van der Waals surface area (Å²) in [6, 6.07) is 9.90. The zero-order valence-corrected chi connectivity index (χ0v) is 20.8. The number of hydrogen-bond donors (Lipinski definition) is 7. The molecule has 2 aromatic rings. The van der Waals surface area contributed by atoms with Gasteiger partial charge in [0, 0.05) is 12.8 Å². The van der Waals surface area contributed by atoms with Crippen LogP contribution in [0.4, 0.5) is 0 Å². The van der Waals surface area contributed by atoms with E-state index in [-0.39, 0.29) is 25.0 Å². The smallest absolute Gasteiger partial charge is 0.325 e. The Labute approximate surface area is 219 Å². The first kappa shape index (κ1) is 29.8. The Morgan fingerprint density at radius 3 is 1.89 bits per heavy atom. The van der Waals surface area contributed by atoms with Crippen LogP contribution in [0.25, 0.3) is 0 Å². The van der Waals surface area contributed by atoms with E-state index >= 15 is 0 Å². The lowest BCUT2D eigenvalue weighted by Gasteiger charge is -2.24. The SMILES string of the molecule is CC(NC(=O)C(Cc1ccc(O)cc1)NC(=O)C(CCC(=O)O)NC(=O)C(N)Cc1ccccc1)C(=O)O. The van der Waals surface area contributed by atoms with Gasteiger partial charge < -0.3 is 37.0 Å². The van der Waals surface area contributed by atoms with Crippen LogP contribution in [0.2, 0.25) is 0 Å². The summed E-state index contributed by atoms with van der Waals surface area (Å²) in [5.74, 6) is -4.81. The quantitative estimate of drug-likeness (QED) is 0.175. The predicted molar refractivity (Wildman–Crippen MR) is 136 cm³/mol. The van der Waals surface area contributed by atoms with Crippen LogP contribution in [0.5, 0.6) is 5.75 Å². The molecule has 0 aliphatic carbocycles. The maximum Gasteiger partial charge on any atom is 0.325 e. The highest BCUT2D eigenvalue weighted by Gasteiger charge is 2.30. The summed E-state index contributed by atoms with van der Waals surface area (Å²) in [6.45, 7) is 1.25. The summed E-state index contributed by atoms with van der Waals surface area (Å²) in [6.07, 6.45) is -0.614. The molecule has 2 rings (SSSR count). The molecule has 0 saturated carbocycles. The third kappa shape index (κ3) is 9.90. The van der Waals surface area contributed by atoms with E-state index in [9.17, 15) is 29.1 Å². The van der Waals surface area contributed by atoms with E-state index in [0.29, 0.717) is 5.56 Å². The van der Waals surface area contributed by atoms with Gasteiger partial charge in [0.15, 0.2) is 0 Å². The summed E-state index contributed by atoms with van der Waals surface area (Å²) >= 11 is 0. The molecule has 204 valence electrons. The monoisotopic (exact) mass is 528 g/mol. The molecule has 12 nitrogen and oxygen atoms in total. The first-order chi connectivity index (χ1) is 18.0. The molecule has 4 atom stereocenters. The van der Waals surface area contributed by atoms with Crippen molar-refractivity contribution in [1.29, 1.82) is 0 Å². The summed E-state index contributed by atoms with van der Waals surface area (Å²) in [5.41, 5.74) is 7.34. The fourth-order valence-corrected chi connectivity index (χ4v) is 3.50. The van der Waals surface area contributed by atoms with E-state index in [1.54, 1.807) is 24.3 Å². The number of rotatable bonds is 14. The van der Waals surface area contributed by atoms with Crippen LogP contribution in [0.1, 0.15) is 30.9 Å². The Morgan fingerprint density at radius 1 is 0.763 bits per heavy atom. The van der Waals surface area contributed by atoms with Crippen molar-refractivity contribution in [3.63, 3.8) is 0 Å². The van der Waals surface area contributed by atoms with Crippen LogP contribution < -0.4 is 21.7 Å². The van der Waals surface area contributed by atoms with Crippen LogP contribution in [0, 0.1) is 0 Å². The maximum absolute atomic E-state index is 13.2. The third-order valence-electron chi connectivity index (χ3n) is 5.65. The second-order valence-electron chi connectivity index (χ2n) is 8.79. The van der Waals surface area contributed by atoms with E-state index in [4.69, 9.17) is 15.9 Å². The van der Waals surface area contributed by atoms with Crippen LogP contribution in [0.3, 0.4) is 0 Å². The van der Waals surface area contributed by atoms with E-state index in [1.807, 2.05) is 6.07 Å². The van der Waals surface area contributed by atoms with Crippen molar-refractivity contribution < 1.29 is 39.3 Å². The van der Waals surface area contributed by atoms with Gasteiger partial charge in [0.1, 0.15) is 23.9 Å². The number of nitrogens with one attached hydrogen (secondary N) is 3. The predicted octanol–water partition coefficient (Wildman–Crippen LogP) is -0.0716. The first-order valence-electron chi connectivity index (χ1n) is 11.9. The molecule has 0 radical (unpaired) electrons. The highest BCUT2D eigenvalue weighted by Crippen LogP contribution is 2.12. The van der Waals surface area contributed by atoms with E-state index < -0.39 is 60.2 Å². The van der Waals surface area contributed by atoms with Crippen LogP contribution >= 0.6 is 0 Å². The topological polar surface area (TPSA) is 208 Å². The van der Waals surface area contributed by atoms with Gasteiger partial charge in [-0.3, -0.25) is 24.0 Å². The summed E-state index contributed by atoms with van der Waals surface area (Å²) < 4.78 is 0. The van der Waals surface area contributed by atoms with Crippen LogP contribution in [0.15, 0.2) is 54.6 Å². The number of amides is 3. The lowest BCUT2D eigenvalue weighted by Crippen LogP contribution is -2.57. The normalized spacial score (nSPS) is 13.8. The van der Waals surface area contributed by atoms with E-state index in [1.165, 1.54) is 31.2 Å². The lowest BCUT2D eigenvalue weighted by molar-refractivity contribution is -0.141. The third-order valence-corrected chi connectivity index (χ3v) is 5.65. The first-order valence-corrected chi connectivity index (χ1v) is 11.9. The molecule has 0 aliphatic heterocycles. The Hall–Kier alpha value is -4.45. The number of aromatic hydroxyl groups is 1. The van der Waals surface area contributed by atoms with Gasteiger partial charge in [0.05, 0.1) is 6.04 Å². The number of carboxylic acid groups (broad SMARTS) is 2. The average molecular weight is 529 g/mol. The maximum atomic E-state index is 13.2. The molecule has 0 bridgehead atoms. The van der Waals surface area contributed by atoms with Crippen molar-refractivity contribution >= 4 is 29.7 Å². The summed E-state index contributed by atoms with van der Waals surface area (Å²) in [7, 11) is 0. The fraction of sp³-hybridized carbons (Fsp3) is 0.346. The van der Waals surface area contributed by atoms with Crippen molar-refractivity contribution in [2.24, 2.45) is 5.73 Å². The fourth-order valence-electron chi connectivity index (χ4n) is 3.50. The highest BCUT2D eigenvalue weighted by molar-refractivity contribution is 5.94. The van der Waals surface area contributed by atoms with Gasteiger partial charge in [0.2, 0.25) is 17.7 Å². The molecule has 0 aliphatic rings. The largest absolute Gasteiger partial charge is 0.508 e.